The van der Waals surface area contributed by atoms with Crippen LogP contribution in [0.15, 0.2) is 54.6 Å². The van der Waals surface area contributed by atoms with Crippen molar-refractivity contribution >= 4 is 57.5 Å². The van der Waals surface area contributed by atoms with Crippen molar-refractivity contribution in [2.75, 3.05) is 23.1 Å². The van der Waals surface area contributed by atoms with E-state index in [4.69, 9.17) is 28.6 Å². The molecule has 0 atom stereocenters. The van der Waals surface area contributed by atoms with E-state index in [1.54, 1.807) is 12.1 Å². The van der Waals surface area contributed by atoms with Crippen LogP contribution in [0.4, 0.5) is 28.6 Å². The molecule has 148 valence electrons. The number of benzene rings is 2. The first-order valence-electron chi connectivity index (χ1n) is 8.21. The van der Waals surface area contributed by atoms with Crippen molar-refractivity contribution in [2.45, 2.75) is 0 Å². The summed E-state index contributed by atoms with van der Waals surface area (Å²) in [4.78, 5) is 10.4. The summed E-state index contributed by atoms with van der Waals surface area (Å²) in [5, 5.41) is 28.3. The molecule has 1 aromatic heterocycles. The molecule has 11 heteroatoms. The van der Waals surface area contributed by atoms with E-state index < -0.39 is 4.92 Å². The van der Waals surface area contributed by atoms with Crippen LogP contribution in [0.3, 0.4) is 0 Å². The van der Waals surface area contributed by atoms with E-state index >= 15 is 0 Å². The lowest BCUT2D eigenvalue weighted by Crippen LogP contribution is -2.19. The number of nitro benzene ring substituents is 1. The van der Waals surface area contributed by atoms with Gasteiger partial charge in [-0.05, 0) is 54.7 Å². The number of hydrogen-bond acceptors (Lipinski definition) is 7. The summed E-state index contributed by atoms with van der Waals surface area (Å²) in [6.45, 7) is 0. The molecule has 3 rings (SSSR count). The maximum atomic E-state index is 10.9. The summed E-state index contributed by atoms with van der Waals surface area (Å²) in [7, 11) is 1.43. The number of nitrogens with zero attached hydrogens (tertiary/aromatic N) is 3. The zero-order chi connectivity index (χ0) is 20.8. The predicted molar refractivity (Wildman–Crippen MR) is 116 cm³/mol. The van der Waals surface area contributed by atoms with E-state index in [9.17, 15) is 10.1 Å². The minimum Gasteiger partial charge on any atom is -0.494 e. The fourth-order valence-corrected chi connectivity index (χ4v) is 2.68. The van der Waals surface area contributed by atoms with Crippen molar-refractivity contribution in [2.24, 2.45) is 0 Å². The van der Waals surface area contributed by atoms with Crippen LogP contribution in [0.2, 0.25) is 5.15 Å². The summed E-state index contributed by atoms with van der Waals surface area (Å²) >= 11 is 11.0. The maximum Gasteiger partial charge on any atom is 0.273 e. The van der Waals surface area contributed by atoms with Crippen LogP contribution in [-0.2, 0) is 0 Å². The van der Waals surface area contributed by atoms with Gasteiger partial charge in [-0.3, -0.25) is 10.1 Å². The zero-order valence-corrected chi connectivity index (χ0v) is 16.6. The minimum atomic E-state index is -0.492. The van der Waals surface area contributed by atoms with Crippen LogP contribution in [0, 0.1) is 10.1 Å². The highest BCUT2D eigenvalue weighted by Crippen LogP contribution is 2.29. The van der Waals surface area contributed by atoms with Gasteiger partial charge in [0.05, 0.1) is 23.8 Å². The first kappa shape index (κ1) is 20.2. The SMILES string of the molecule is COc1cc([N+](=O)[O-])ccc1NC(=S)Nc1ccc(Nc2ccc(Cl)nn2)cc1. The smallest absolute Gasteiger partial charge is 0.273 e. The van der Waals surface area contributed by atoms with Gasteiger partial charge in [0.25, 0.3) is 5.69 Å². The van der Waals surface area contributed by atoms with Gasteiger partial charge in [-0.15, -0.1) is 10.2 Å². The number of methoxy groups -OCH3 is 1. The highest BCUT2D eigenvalue weighted by atomic mass is 35.5. The van der Waals surface area contributed by atoms with Crippen LogP contribution in [0.1, 0.15) is 0 Å². The molecular formula is C18H15ClN6O3S. The molecular weight excluding hydrogens is 416 g/mol. The second-order valence-corrected chi connectivity index (χ2v) is 6.46. The lowest BCUT2D eigenvalue weighted by atomic mass is 10.2. The van der Waals surface area contributed by atoms with Gasteiger partial charge in [-0.2, -0.15) is 0 Å². The van der Waals surface area contributed by atoms with E-state index in [-0.39, 0.29) is 5.69 Å². The van der Waals surface area contributed by atoms with E-state index in [0.29, 0.717) is 27.5 Å². The fraction of sp³-hybridized carbons (Fsp3) is 0.0556. The van der Waals surface area contributed by atoms with Crippen molar-refractivity contribution in [3.05, 3.63) is 69.9 Å². The molecule has 0 aliphatic heterocycles. The highest BCUT2D eigenvalue weighted by molar-refractivity contribution is 7.80. The van der Waals surface area contributed by atoms with Crippen LogP contribution < -0.4 is 20.7 Å². The summed E-state index contributed by atoms with van der Waals surface area (Å²) in [5.41, 5.74) is 1.99. The number of nitrogens with one attached hydrogen (secondary N) is 3. The summed E-state index contributed by atoms with van der Waals surface area (Å²) in [5.74, 6) is 0.879. The molecule has 0 aliphatic carbocycles. The maximum absolute atomic E-state index is 10.9. The molecule has 0 spiro atoms. The molecule has 1 heterocycles. The molecule has 3 aromatic rings. The number of rotatable bonds is 6. The first-order valence-corrected chi connectivity index (χ1v) is 9.00. The van der Waals surface area contributed by atoms with E-state index in [1.807, 2.05) is 24.3 Å². The van der Waals surface area contributed by atoms with Crippen molar-refractivity contribution in [1.82, 2.24) is 10.2 Å². The summed E-state index contributed by atoms with van der Waals surface area (Å²) in [6.07, 6.45) is 0. The molecule has 0 saturated carbocycles. The lowest BCUT2D eigenvalue weighted by molar-refractivity contribution is -0.384. The molecule has 0 aliphatic rings. The highest BCUT2D eigenvalue weighted by Gasteiger charge is 2.12. The lowest BCUT2D eigenvalue weighted by Gasteiger charge is -2.13. The molecule has 0 radical (unpaired) electrons. The molecule has 0 fully saturated rings. The Labute approximate surface area is 176 Å². The number of hydrogen-bond donors (Lipinski definition) is 3. The Morgan fingerprint density at radius 3 is 2.41 bits per heavy atom. The van der Waals surface area contributed by atoms with Crippen LogP contribution in [-0.4, -0.2) is 27.3 Å². The van der Waals surface area contributed by atoms with Crippen molar-refractivity contribution in [1.29, 1.82) is 0 Å². The Morgan fingerprint density at radius 2 is 1.79 bits per heavy atom. The Morgan fingerprint density at radius 1 is 1.07 bits per heavy atom. The Kier molecular flexibility index (Phi) is 6.37. The largest absolute Gasteiger partial charge is 0.494 e. The quantitative estimate of drug-likeness (QED) is 0.293. The monoisotopic (exact) mass is 430 g/mol. The van der Waals surface area contributed by atoms with Crippen molar-refractivity contribution in [3.8, 4) is 5.75 Å². The molecule has 0 unspecified atom stereocenters. The number of ether oxygens (including phenoxy) is 1. The topological polar surface area (TPSA) is 114 Å². The van der Waals surface area contributed by atoms with Gasteiger partial charge in [-0.25, -0.2) is 0 Å². The predicted octanol–water partition coefficient (Wildman–Crippen LogP) is 4.60. The van der Waals surface area contributed by atoms with E-state index in [2.05, 4.69) is 26.1 Å². The molecule has 3 N–H and O–H groups in total. The number of thiocarbonyl (C=S) groups is 1. The third kappa shape index (κ3) is 5.50. The third-order valence-corrected chi connectivity index (χ3v) is 4.10. The number of nitro groups is 1. The first-order chi connectivity index (χ1) is 13.9. The molecule has 0 amide bonds. The Bertz CT molecular complexity index is 1030. The van der Waals surface area contributed by atoms with Gasteiger partial charge in [0, 0.05) is 17.4 Å². The standard InChI is InChI=1S/C18H15ClN6O3S/c1-28-15-10-13(25(26)27)6-7-14(15)22-18(29)21-12-4-2-11(3-5-12)20-17-9-8-16(19)23-24-17/h2-10H,1H3,(H,20,24)(H2,21,22,29). The second kappa shape index (κ2) is 9.13. The van der Waals surface area contributed by atoms with Gasteiger partial charge in [0.15, 0.2) is 16.1 Å². The Balaban J connectivity index is 1.62. The average molecular weight is 431 g/mol. The second-order valence-electron chi connectivity index (χ2n) is 5.66. The summed E-state index contributed by atoms with van der Waals surface area (Å²) < 4.78 is 5.19. The van der Waals surface area contributed by atoms with Gasteiger partial charge >= 0.3 is 0 Å². The van der Waals surface area contributed by atoms with Crippen molar-refractivity contribution in [3.63, 3.8) is 0 Å². The Hall–Kier alpha value is -3.50. The van der Waals surface area contributed by atoms with Crippen molar-refractivity contribution < 1.29 is 9.66 Å². The van der Waals surface area contributed by atoms with Crippen LogP contribution in [0.25, 0.3) is 0 Å². The van der Waals surface area contributed by atoms with Gasteiger partial charge in [0.1, 0.15) is 5.75 Å². The van der Waals surface area contributed by atoms with E-state index in [0.717, 1.165) is 11.4 Å². The molecule has 0 saturated heterocycles. The van der Waals surface area contributed by atoms with Crippen LogP contribution in [0.5, 0.6) is 5.75 Å². The number of anilines is 4. The van der Waals surface area contributed by atoms with Gasteiger partial charge in [-0.1, -0.05) is 11.6 Å². The minimum absolute atomic E-state index is 0.0697. The van der Waals surface area contributed by atoms with Gasteiger partial charge in [0.2, 0.25) is 0 Å². The van der Waals surface area contributed by atoms with E-state index in [1.165, 1.54) is 25.3 Å². The molecule has 0 bridgehead atoms. The normalized spacial score (nSPS) is 10.1. The molecule has 2 aromatic carbocycles. The fourth-order valence-electron chi connectivity index (χ4n) is 2.35. The number of aromatic nitrogens is 2. The molecule has 9 nitrogen and oxygen atoms in total. The zero-order valence-electron chi connectivity index (χ0n) is 15.0. The third-order valence-electron chi connectivity index (χ3n) is 3.69. The number of non-ortho nitro benzene ring substituents is 1. The molecule has 29 heavy (non-hydrogen) atoms. The van der Waals surface area contributed by atoms with Crippen LogP contribution >= 0.6 is 23.8 Å². The van der Waals surface area contributed by atoms with Gasteiger partial charge < -0.3 is 20.7 Å². The number of halogens is 1. The summed E-state index contributed by atoms with van der Waals surface area (Å²) in [6, 6.07) is 14.9. The average Bonchev–Trinajstić information content (AvgIpc) is 2.71.